The van der Waals surface area contributed by atoms with Crippen LogP contribution in [0, 0.1) is 0 Å². The van der Waals surface area contributed by atoms with Crippen LogP contribution in [0.5, 0.6) is 0 Å². The summed E-state index contributed by atoms with van der Waals surface area (Å²) in [5.41, 5.74) is 12.6. The monoisotopic (exact) mass is 219 g/mol. The lowest BCUT2D eigenvalue weighted by molar-refractivity contribution is 0.0988. The average molecular weight is 219 g/mol. The number of benzene rings is 1. The van der Waals surface area contributed by atoms with Crippen molar-refractivity contribution in [2.45, 2.75) is 26.3 Å². The molecule has 1 atom stereocenters. The molecule has 0 heterocycles. The van der Waals surface area contributed by atoms with Gasteiger partial charge in [0.05, 0.1) is 11.7 Å². The lowest BCUT2D eigenvalue weighted by Crippen LogP contribution is -2.33. The smallest absolute Gasteiger partial charge is 0.162 e. The van der Waals surface area contributed by atoms with Gasteiger partial charge >= 0.3 is 0 Å². The fourth-order valence-corrected chi connectivity index (χ4v) is 1.18. The van der Waals surface area contributed by atoms with Crippen molar-refractivity contribution in [1.29, 1.82) is 0 Å². The number of nitrogens with zero attached hydrogens (tertiary/aromatic N) is 1. The second-order valence-corrected chi connectivity index (χ2v) is 3.65. The highest BCUT2D eigenvalue weighted by molar-refractivity contribution is 5.96. The summed E-state index contributed by atoms with van der Waals surface area (Å²) in [4.78, 5) is 15.5. The maximum Gasteiger partial charge on any atom is 0.162 e. The van der Waals surface area contributed by atoms with Crippen molar-refractivity contribution in [2.24, 2.45) is 16.5 Å². The summed E-state index contributed by atoms with van der Waals surface area (Å²) in [6.07, 6.45) is 0.505. The quantitative estimate of drug-likeness (QED) is 0.458. The van der Waals surface area contributed by atoms with Crippen LogP contribution < -0.4 is 11.5 Å². The maximum atomic E-state index is 11.4. The SMILES string of the molecule is CCC(=O)c1ccc(N=C(N)C(C)N)cc1. The molecule has 1 rings (SSSR count). The molecule has 0 aromatic heterocycles. The van der Waals surface area contributed by atoms with Crippen LogP contribution in [-0.4, -0.2) is 17.7 Å². The van der Waals surface area contributed by atoms with Crippen LogP contribution in [0.15, 0.2) is 29.3 Å². The largest absolute Gasteiger partial charge is 0.386 e. The van der Waals surface area contributed by atoms with Gasteiger partial charge in [-0.2, -0.15) is 0 Å². The van der Waals surface area contributed by atoms with Crippen molar-refractivity contribution < 1.29 is 4.79 Å². The molecule has 0 saturated carbocycles. The summed E-state index contributed by atoms with van der Waals surface area (Å²) in [7, 11) is 0. The topological polar surface area (TPSA) is 81.5 Å². The Morgan fingerprint density at radius 2 is 1.94 bits per heavy atom. The normalized spacial score (nSPS) is 13.6. The van der Waals surface area contributed by atoms with Crippen molar-refractivity contribution in [3.63, 3.8) is 0 Å². The first-order chi connectivity index (χ1) is 7.54. The molecule has 86 valence electrons. The lowest BCUT2D eigenvalue weighted by Gasteiger charge is -2.04. The zero-order chi connectivity index (χ0) is 12.1. The Kier molecular flexibility index (Phi) is 4.19. The molecule has 4 nitrogen and oxygen atoms in total. The zero-order valence-corrected chi connectivity index (χ0v) is 9.60. The summed E-state index contributed by atoms with van der Waals surface area (Å²) in [6, 6.07) is 6.76. The van der Waals surface area contributed by atoms with E-state index < -0.39 is 0 Å². The summed E-state index contributed by atoms with van der Waals surface area (Å²) >= 11 is 0. The molecule has 4 N–H and O–H groups in total. The highest BCUT2D eigenvalue weighted by atomic mass is 16.1. The van der Waals surface area contributed by atoms with Crippen molar-refractivity contribution >= 4 is 17.3 Å². The summed E-state index contributed by atoms with van der Waals surface area (Å²) in [6.45, 7) is 3.61. The summed E-state index contributed by atoms with van der Waals surface area (Å²) in [5.74, 6) is 0.505. The number of rotatable bonds is 4. The molecule has 0 bridgehead atoms. The fourth-order valence-electron chi connectivity index (χ4n) is 1.18. The number of ketones is 1. The van der Waals surface area contributed by atoms with Crippen LogP contribution in [0.2, 0.25) is 0 Å². The first-order valence-corrected chi connectivity index (χ1v) is 5.27. The van der Waals surface area contributed by atoms with Gasteiger partial charge in [-0.15, -0.1) is 0 Å². The van der Waals surface area contributed by atoms with Crippen molar-refractivity contribution in [2.75, 3.05) is 0 Å². The Labute approximate surface area is 95.4 Å². The van der Waals surface area contributed by atoms with E-state index in [0.717, 1.165) is 0 Å². The Morgan fingerprint density at radius 3 is 2.38 bits per heavy atom. The Morgan fingerprint density at radius 1 is 1.38 bits per heavy atom. The van der Waals surface area contributed by atoms with E-state index in [2.05, 4.69) is 4.99 Å². The number of aliphatic imine (C=N–C) groups is 1. The van der Waals surface area contributed by atoms with Crippen LogP contribution in [0.3, 0.4) is 0 Å². The molecular formula is C12H17N3O. The first-order valence-electron chi connectivity index (χ1n) is 5.27. The second kappa shape index (κ2) is 5.42. The molecule has 0 saturated heterocycles. The van der Waals surface area contributed by atoms with E-state index >= 15 is 0 Å². The number of nitrogens with two attached hydrogens (primary N) is 2. The highest BCUT2D eigenvalue weighted by Gasteiger charge is 2.03. The molecule has 0 aliphatic carbocycles. The molecule has 1 aromatic carbocycles. The van der Waals surface area contributed by atoms with Gasteiger partial charge in [-0.05, 0) is 31.2 Å². The van der Waals surface area contributed by atoms with Crippen LogP contribution in [0.25, 0.3) is 0 Å². The molecule has 4 heteroatoms. The third-order valence-electron chi connectivity index (χ3n) is 2.24. The maximum absolute atomic E-state index is 11.4. The minimum absolute atomic E-state index is 0.121. The van der Waals surface area contributed by atoms with Gasteiger partial charge < -0.3 is 11.5 Å². The third-order valence-corrected chi connectivity index (χ3v) is 2.24. The number of Topliss-reactive ketones (excluding diaryl/α,β-unsaturated/α-hetero) is 1. The lowest BCUT2D eigenvalue weighted by atomic mass is 10.1. The molecule has 0 aliphatic heterocycles. The number of carbonyl (C=O) groups excluding carboxylic acids is 1. The minimum atomic E-state index is -0.267. The fraction of sp³-hybridized carbons (Fsp3) is 0.333. The molecule has 0 amide bonds. The van der Waals surface area contributed by atoms with Gasteiger partial charge in [0.15, 0.2) is 5.78 Å². The number of carbonyl (C=O) groups is 1. The van der Waals surface area contributed by atoms with Crippen molar-refractivity contribution in [3.05, 3.63) is 29.8 Å². The van der Waals surface area contributed by atoms with Gasteiger partial charge in [0.25, 0.3) is 0 Å². The van der Waals surface area contributed by atoms with E-state index in [9.17, 15) is 4.79 Å². The van der Waals surface area contributed by atoms with Gasteiger partial charge in [-0.3, -0.25) is 4.79 Å². The zero-order valence-electron chi connectivity index (χ0n) is 9.60. The van der Waals surface area contributed by atoms with E-state index in [1.807, 2.05) is 6.92 Å². The number of amidine groups is 1. The number of hydrogen-bond donors (Lipinski definition) is 2. The van der Waals surface area contributed by atoms with E-state index in [1.165, 1.54) is 0 Å². The van der Waals surface area contributed by atoms with Gasteiger partial charge in [0, 0.05) is 12.0 Å². The highest BCUT2D eigenvalue weighted by Crippen LogP contribution is 2.14. The predicted molar refractivity (Wildman–Crippen MR) is 66.0 cm³/mol. The molecule has 0 radical (unpaired) electrons. The molecule has 0 spiro atoms. The van der Waals surface area contributed by atoms with Crippen LogP contribution in [-0.2, 0) is 0 Å². The van der Waals surface area contributed by atoms with Crippen molar-refractivity contribution in [3.8, 4) is 0 Å². The van der Waals surface area contributed by atoms with Crippen molar-refractivity contribution in [1.82, 2.24) is 0 Å². The molecular weight excluding hydrogens is 202 g/mol. The van der Waals surface area contributed by atoms with Gasteiger partial charge in [-0.25, -0.2) is 4.99 Å². The van der Waals surface area contributed by atoms with Crippen LogP contribution in [0.4, 0.5) is 5.69 Å². The summed E-state index contributed by atoms with van der Waals surface area (Å²) in [5, 5.41) is 0. The first kappa shape index (κ1) is 12.4. The standard InChI is InChI=1S/C12H17N3O/c1-3-11(16)9-4-6-10(7-5-9)15-12(14)8(2)13/h4-8H,3,13H2,1-2H3,(H2,14,15). The molecule has 16 heavy (non-hydrogen) atoms. The molecule has 1 aromatic rings. The molecule has 0 aliphatic rings. The molecule has 0 fully saturated rings. The van der Waals surface area contributed by atoms with Gasteiger partial charge in [0.2, 0.25) is 0 Å². The van der Waals surface area contributed by atoms with Crippen LogP contribution >= 0.6 is 0 Å². The van der Waals surface area contributed by atoms with E-state index in [1.54, 1.807) is 31.2 Å². The van der Waals surface area contributed by atoms with E-state index in [-0.39, 0.29) is 11.8 Å². The Hall–Kier alpha value is -1.68. The third kappa shape index (κ3) is 3.17. The minimum Gasteiger partial charge on any atom is -0.386 e. The Bertz CT molecular complexity index is 393. The summed E-state index contributed by atoms with van der Waals surface area (Å²) < 4.78 is 0. The predicted octanol–water partition coefficient (Wildman–Crippen LogP) is 1.62. The van der Waals surface area contributed by atoms with E-state index in [4.69, 9.17) is 11.5 Å². The van der Waals surface area contributed by atoms with E-state index in [0.29, 0.717) is 23.5 Å². The van der Waals surface area contributed by atoms with Gasteiger partial charge in [0.1, 0.15) is 5.84 Å². The van der Waals surface area contributed by atoms with Gasteiger partial charge in [-0.1, -0.05) is 6.92 Å². The average Bonchev–Trinajstić information content (AvgIpc) is 2.28. The second-order valence-electron chi connectivity index (χ2n) is 3.65. The Balaban J connectivity index is 2.87. The van der Waals surface area contributed by atoms with Crippen LogP contribution in [0.1, 0.15) is 30.6 Å². The molecule has 1 unspecified atom stereocenters. The number of hydrogen-bond acceptors (Lipinski definition) is 3.